The number of alkyl halides is 1. The van der Waals surface area contributed by atoms with Crippen molar-refractivity contribution < 1.29 is 14.3 Å². The molecule has 0 aliphatic carbocycles. The van der Waals surface area contributed by atoms with Crippen LogP contribution in [0.25, 0.3) is 0 Å². The number of carbonyl (C=O) groups excluding carboxylic acids is 2. The highest BCUT2D eigenvalue weighted by Crippen LogP contribution is 2.30. The minimum atomic E-state index is -1.87. The van der Waals surface area contributed by atoms with Gasteiger partial charge < -0.3 is 4.74 Å². The predicted molar refractivity (Wildman–Crippen MR) is 91.5 cm³/mol. The number of methoxy groups -OCH3 is 1. The second-order valence-corrected chi connectivity index (χ2v) is 6.37. The van der Waals surface area contributed by atoms with E-state index in [2.05, 4.69) is 0 Å². The van der Waals surface area contributed by atoms with Gasteiger partial charge in [0, 0.05) is 12.0 Å². The van der Waals surface area contributed by atoms with E-state index < -0.39 is 16.6 Å². The second-order valence-electron chi connectivity index (χ2n) is 4.91. The third-order valence-electron chi connectivity index (χ3n) is 3.34. The van der Waals surface area contributed by atoms with Crippen molar-refractivity contribution in [3.8, 4) is 0 Å². The molecule has 23 heavy (non-hydrogen) atoms. The summed E-state index contributed by atoms with van der Waals surface area (Å²) in [5, 5.41) is 0.697. The standard InChI is InChI=1S/C17H13Cl3O3/c1-23-16(22)17(20,15(21)12-5-3-2-4-6-12)10-11-7-8-13(18)14(19)9-11/h2-9H,10H2,1H3/t17-/m0/s1. The van der Waals surface area contributed by atoms with Crippen LogP contribution in [0.5, 0.6) is 0 Å². The van der Waals surface area contributed by atoms with Gasteiger partial charge in [-0.15, -0.1) is 0 Å². The summed E-state index contributed by atoms with van der Waals surface area (Å²) in [6.07, 6.45) is -0.0636. The van der Waals surface area contributed by atoms with Crippen molar-refractivity contribution in [2.75, 3.05) is 7.11 Å². The highest BCUT2D eigenvalue weighted by molar-refractivity contribution is 6.48. The first kappa shape index (κ1) is 17.8. The molecule has 0 N–H and O–H groups in total. The SMILES string of the molecule is COC(=O)[C@](Cl)(Cc1ccc(Cl)c(Cl)c1)C(=O)c1ccccc1. The van der Waals surface area contributed by atoms with Gasteiger partial charge in [0.1, 0.15) is 0 Å². The first-order valence-electron chi connectivity index (χ1n) is 6.69. The summed E-state index contributed by atoms with van der Waals surface area (Å²) in [6.45, 7) is 0. The molecule has 0 unspecified atom stereocenters. The van der Waals surface area contributed by atoms with Crippen molar-refractivity contribution in [2.24, 2.45) is 0 Å². The molecule has 120 valence electrons. The lowest BCUT2D eigenvalue weighted by Gasteiger charge is -2.23. The zero-order valence-corrected chi connectivity index (χ0v) is 14.5. The van der Waals surface area contributed by atoms with Gasteiger partial charge in [0.2, 0.25) is 4.87 Å². The summed E-state index contributed by atoms with van der Waals surface area (Å²) in [5.74, 6) is -1.35. The van der Waals surface area contributed by atoms with Gasteiger partial charge in [-0.2, -0.15) is 0 Å². The molecule has 3 nitrogen and oxygen atoms in total. The van der Waals surface area contributed by atoms with E-state index in [1.54, 1.807) is 48.5 Å². The summed E-state index contributed by atoms with van der Waals surface area (Å²) >= 11 is 18.3. The number of ether oxygens (including phenoxy) is 1. The average Bonchev–Trinajstić information content (AvgIpc) is 2.57. The van der Waals surface area contributed by atoms with Gasteiger partial charge in [0.05, 0.1) is 17.2 Å². The van der Waals surface area contributed by atoms with E-state index in [1.165, 1.54) is 7.11 Å². The second kappa shape index (κ2) is 7.35. The Kier molecular flexibility index (Phi) is 5.69. The molecule has 1 atom stereocenters. The molecule has 0 heterocycles. The Morgan fingerprint density at radius 1 is 1.04 bits per heavy atom. The Balaban J connectivity index is 2.41. The fourth-order valence-corrected chi connectivity index (χ4v) is 2.82. The van der Waals surface area contributed by atoms with Crippen LogP contribution in [0.3, 0.4) is 0 Å². The van der Waals surface area contributed by atoms with Crippen molar-refractivity contribution in [2.45, 2.75) is 11.3 Å². The van der Waals surface area contributed by atoms with Gasteiger partial charge in [-0.05, 0) is 17.7 Å². The molecular formula is C17H13Cl3O3. The fraction of sp³-hybridized carbons (Fsp3) is 0.176. The predicted octanol–water partition coefficient (Wildman–Crippen LogP) is 4.57. The molecule has 0 spiro atoms. The quantitative estimate of drug-likeness (QED) is 0.335. The molecule has 0 bridgehead atoms. The molecule has 0 fully saturated rings. The zero-order chi connectivity index (χ0) is 17.0. The van der Waals surface area contributed by atoms with Crippen LogP contribution in [0.4, 0.5) is 0 Å². The maximum atomic E-state index is 12.7. The average molecular weight is 372 g/mol. The van der Waals surface area contributed by atoms with Crippen molar-refractivity contribution in [1.29, 1.82) is 0 Å². The number of Topliss-reactive ketones (excluding diaryl/α,β-unsaturated/α-hetero) is 1. The number of esters is 1. The lowest BCUT2D eigenvalue weighted by molar-refractivity contribution is -0.142. The number of rotatable bonds is 5. The molecule has 0 aliphatic rings. The molecule has 0 aromatic heterocycles. The van der Waals surface area contributed by atoms with Gasteiger partial charge >= 0.3 is 5.97 Å². The summed E-state index contributed by atoms with van der Waals surface area (Å²) in [4.78, 5) is 23.0. The molecular weight excluding hydrogens is 359 g/mol. The van der Waals surface area contributed by atoms with Gasteiger partial charge in [0.15, 0.2) is 5.78 Å². The Morgan fingerprint density at radius 2 is 1.70 bits per heavy atom. The highest BCUT2D eigenvalue weighted by atomic mass is 35.5. The van der Waals surface area contributed by atoms with E-state index in [0.717, 1.165) is 0 Å². The summed E-state index contributed by atoms with van der Waals surface area (Å²) in [6, 6.07) is 13.2. The number of hydrogen-bond acceptors (Lipinski definition) is 3. The molecule has 0 saturated carbocycles. The molecule has 0 saturated heterocycles. The highest BCUT2D eigenvalue weighted by Gasteiger charge is 2.45. The molecule has 6 heteroatoms. The first-order chi connectivity index (χ1) is 10.9. The van der Waals surface area contributed by atoms with Crippen molar-refractivity contribution in [1.82, 2.24) is 0 Å². The Labute approximate surface area is 149 Å². The summed E-state index contributed by atoms with van der Waals surface area (Å²) < 4.78 is 4.73. The third-order valence-corrected chi connectivity index (χ3v) is 4.54. The van der Waals surface area contributed by atoms with E-state index in [-0.39, 0.29) is 6.42 Å². The molecule has 2 rings (SSSR count). The van der Waals surface area contributed by atoms with Crippen molar-refractivity contribution >= 4 is 46.6 Å². The Bertz CT molecular complexity index is 731. The van der Waals surface area contributed by atoms with Crippen LogP contribution in [0.2, 0.25) is 10.0 Å². The minimum Gasteiger partial charge on any atom is -0.467 e. The lowest BCUT2D eigenvalue weighted by atomic mass is 9.90. The summed E-state index contributed by atoms with van der Waals surface area (Å²) in [7, 11) is 1.19. The maximum absolute atomic E-state index is 12.7. The van der Waals surface area contributed by atoms with E-state index in [4.69, 9.17) is 39.5 Å². The van der Waals surface area contributed by atoms with Gasteiger partial charge in [0.25, 0.3) is 0 Å². The first-order valence-corrected chi connectivity index (χ1v) is 7.83. The van der Waals surface area contributed by atoms with E-state index in [9.17, 15) is 9.59 Å². The minimum absolute atomic E-state index is 0.0636. The number of benzene rings is 2. The molecule has 0 radical (unpaired) electrons. The van der Waals surface area contributed by atoms with Crippen molar-refractivity contribution in [3.63, 3.8) is 0 Å². The van der Waals surface area contributed by atoms with Gasteiger partial charge in [-0.25, -0.2) is 4.79 Å². The van der Waals surface area contributed by atoms with Crippen LogP contribution in [0, 0.1) is 0 Å². The van der Waals surface area contributed by atoms with Crippen LogP contribution >= 0.6 is 34.8 Å². The molecule has 0 aliphatic heterocycles. The fourth-order valence-electron chi connectivity index (χ4n) is 2.16. The Hall–Kier alpha value is -1.55. The number of carbonyl (C=O) groups is 2. The molecule has 0 amide bonds. The van der Waals surface area contributed by atoms with Crippen LogP contribution in [-0.2, 0) is 16.0 Å². The smallest absolute Gasteiger partial charge is 0.335 e. The topological polar surface area (TPSA) is 43.4 Å². The monoisotopic (exact) mass is 370 g/mol. The lowest BCUT2D eigenvalue weighted by Crippen LogP contribution is -2.44. The number of halogens is 3. The van der Waals surface area contributed by atoms with E-state index in [0.29, 0.717) is 21.2 Å². The number of ketones is 1. The maximum Gasteiger partial charge on any atom is 0.335 e. The van der Waals surface area contributed by atoms with E-state index >= 15 is 0 Å². The van der Waals surface area contributed by atoms with Gasteiger partial charge in [-0.1, -0.05) is 71.2 Å². The van der Waals surface area contributed by atoms with Crippen LogP contribution in [0.15, 0.2) is 48.5 Å². The van der Waals surface area contributed by atoms with Gasteiger partial charge in [-0.3, -0.25) is 4.79 Å². The van der Waals surface area contributed by atoms with Crippen LogP contribution in [-0.4, -0.2) is 23.7 Å². The normalized spacial score (nSPS) is 13.2. The third kappa shape index (κ3) is 3.86. The summed E-state index contributed by atoms with van der Waals surface area (Å²) in [5.41, 5.74) is 0.928. The molecule has 2 aromatic rings. The van der Waals surface area contributed by atoms with Crippen LogP contribution < -0.4 is 0 Å². The zero-order valence-electron chi connectivity index (χ0n) is 12.2. The van der Waals surface area contributed by atoms with Crippen molar-refractivity contribution in [3.05, 3.63) is 69.7 Å². The Morgan fingerprint density at radius 3 is 2.26 bits per heavy atom. The largest absolute Gasteiger partial charge is 0.467 e. The molecule has 2 aromatic carbocycles. The van der Waals surface area contributed by atoms with Crippen LogP contribution in [0.1, 0.15) is 15.9 Å². The number of hydrogen-bond donors (Lipinski definition) is 0. The van der Waals surface area contributed by atoms with E-state index in [1.807, 2.05) is 0 Å².